The Labute approximate surface area is 286 Å². The van der Waals surface area contributed by atoms with Crippen molar-refractivity contribution >= 4 is 66.7 Å². The summed E-state index contributed by atoms with van der Waals surface area (Å²) < 4.78 is 7.52. The first kappa shape index (κ1) is 33.3. The average molecular weight is 692 g/mol. The van der Waals surface area contributed by atoms with Crippen LogP contribution < -0.4 is 20.9 Å². The van der Waals surface area contributed by atoms with Crippen LogP contribution in [0.25, 0.3) is 21.2 Å². The maximum atomic E-state index is 13.8. The number of carbonyl (C=O) groups excluding carboxylic acids is 3. The average Bonchev–Trinajstić information content (AvgIpc) is 3.52. The molecule has 0 fully saturated rings. The van der Waals surface area contributed by atoms with Crippen molar-refractivity contribution in [3.63, 3.8) is 0 Å². The molecule has 2 amide bonds. The number of aromatic hydroxyl groups is 1. The highest BCUT2D eigenvalue weighted by Crippen LogP contribution is 2.36. The maximum absolute atomic E-state index is 13.8. The normalized spacial score (nSPS) is 12.0. The third-order valence-corrected chi connectivity index (χ3v) is 8.58. The van der Waals surface area contributed by atoms with Gasteiger partial charge in [0.15, 0.2) is 17.5 Å². The summed E-state index contributed by atoms with van der Waals surface area (Å²) in [6.07, 6.45) is 2.41. The number of amides is 2. The largest absolute Gasteiger partial charge is 0.507 e. The third-order valence-electron chi connectivity index (χ3n) is 7.65. The SMILES string of the molecule is O=C(C/C(=N/NC(=O)C[n+]1ccccc1)C(=O)Nc1nc2ccc([N+](=O)[O-])cc2s1)C[C@H](c1ccccc1)c1c(O)c2ccccc2oc1=O. The number of ketones is 1. The number of pyridine rings is 1. The van der Waals surface area contributed by atoms with Gasteiger partial charge in [0.25, 0.3) is 11.6 Å². The lowest BCUT2D eigenvalue weighted by Crippen LogP contribution is -2.41. The molecule has 3 N–H and O–H groups in total. The number of carbonyl (C=O) groups is 3. The molecule has 0 saturated heterocycles. The molecule has 6 aromatic rings. The van der Waals surface area contributed by atoms with Crippen LogP contribution in [0, 0.1) is 10.1 Å². The lowest BCUT2D eigenvalue weighted by atomic mass is 9.86. The van der Waals surface area contributed by atoms with Crippen LogP contribution in [0.1, 0.15) is 29.9 Å². The Morgan fingerprint density at radius 1 is 1.00 bits per heavy atom. The van der Waals surface area contributed by atoms with Crippen molar-refractivity contribution in [2.75, 3.05) is 5.32 Å². The van der Waals surface area contributed by atoms with E-state index in [-0.39, 0.29) is 51.8 Å². The summed E-state index contributed by atoms with van der Waals surface area (Å²) in [6.45, 7) is -0.128. The molecule has 0 radical (unpaired) electrons. The number of hydrogen-bond acceptors (Lipinski definition) is 11. The molecule has 0 aliphatic rings. The van der Waals surface area contributed by atoms with E-state index in [0.717, 1.165) is 11.3 Å². The number of nitro benzene ring substituents is 1. The summed E-state index contributed by atoms with van der Waals surface area (Å²) in [4.78, 5) is 68.2. The van der Waals surface area contributed by atoms with E-state index in [1.54, 1.807) is 89.8 Å². The van der Waals surface area contributed by atoms with Crippen LogP contribution in [0.4, 0.5) is 10.8 Å². The number of nitrogens with zero attached hydrogens (tertiary/aromatic N) is 4. The van der Waals surface area contributed by atoms with Gasteiger partial charge in [0.1, 0.15) is 22.8 Å². The van der Waals surface area contributed by atoms with Crippen LogP contribution in [-0.2, 0) is 20.9 Å². The zero-order valence-electron chi connectivity index (χ0n) is 26.0. The van der Waals surface area contributed by atoms with Crippen LogP contribution in [0.3, 0.4) is 0 Å². The third kappa shape index (κ3) is 7.58. The smallest absolute Gasteiger partial charge is 0.343 e. The summed E-state index contributed by atoms with van der Waals surface area (Å²) in [7, 11) is 0. The van der Waals surface area contributed by atoms with Crippen LogP contribution >= 0.6 is 11.3 Å². The van der Waals surface area contributed by atoms with E-state index in [9.17, 15) is 34.4 Å². The van der Waals surface area contributed by atoms with Gasteiger partial charge >= 0.3 is 11.5 Å². The Kier molecular flexibility index (Phi) is 9.76. The first-order valence-corrected chi connectivity index (χ1v) is 15.9. The zero-order valence-corrected chi connectivity index (χ0v) is 26.8. The van der Waals surface area contributed by atoms with Gasteiger partial charge in [0.2, 0.25) is 6.54 Å². The van der Waals surface area contributed by atoms with Gasteiger partial charge in [-0.15, -0.1) is 0 Å². The molecule has 14 nitrogen and oxygen atoms in total. The van der Waals surface area contributed by atoms with Gasteiger partial charge in [-0.25, -0.2) is 15.2 Å². The molecular weight excluding hydrogens is 664 g/mol. The first-order valence-electron chi connectivity index (χ1n) is 15.1. The summed E-state index contributed by atoms with van der Waals surface area (Å²) in [5.74, 6) is -3.27. The minimum absolute atomic E-state index is 0.0812. The summed E-state index contributed by atoms with van der Waals surface area (Å²) in [6, 6.07) is 24.4. The Morgan fingerprint density at radius 3 is 2.48 bits per heavy atom. The van der Waals surface area contributed by atoms with Gasteiger partial charge in [-0.1, -0.05) is 59.9 Å². The number of hydrogen-bond donors (Lipinski definition) is 3. The molecule has 6 rings (SSSR count). The van der Waals surface area contributed by atoms with Gasteiger partial charge in [0, 0.05) is 36.6 Å². The number of aromatic nitrogens is 2. The molecule has 0 aliphatic carbocycles. The Hall–Kier alpha value is -6.61. The number of Topliss-reactive ketones (excluding diaryl/α,β-unsaturated/α-hetero) is 1. The summed E-state index contributed by atoms with van der Waals surface area (Å²) >= 11 is 0.978. The van der Waals surface area contributed by atoms with E-state index >= 15 is 0 Å². The molecule has 1 atom stereocenters. The lowest BCUT2D eigenvalue weighted by molar-refractivity contribution is -0.684. The fourth-order valence-electron chi connectivity index (χ4n) is 5.30. The van der Waals surface area contributed by atoms with Crippen LogP contribution in [0.15, 0.2) is 118 Å². The molecule has 50 heavy (non-hydrogen) atoms. The zero-order chi connectivity index (χ0) is 35.2. The predicted molar refractivity (Wildman–Crippen MR) is 184 cm³/mol. The molecule has 3 aromatic heterocycles. The van der Waals surface area contributed by atoms with Gasteiger partial charge in [-0.3, -0.25) is 29.8 Å². The monoisotopic (exact) mass is 691 g/mol. The molecule has 0 unspecified atom stereocenters. The Bertz CT molecular complexity index is 2340. The van der Waals surface area contributed by atoms with Crippen molar-refractivity contribution in [2.24, 2.45) is 5.10 Å². The summed E-state index contributed by atoms with van der Waals surface area (Å²) in [5.41, 5.74) is 1.98. The van der Waals surface area contributed by atoms with Gasteiger partial charge in [0.05, 0.1) is 32.5 Å². The topological polar surface area (TPSA) is 198 Å². The number of benzene rings is 3. The van der Waals surface area contributed by atoms with E-state index in [4.69, 9.17) is 4.42 Å². The van der Waals surface area contributed by atoms with E-state index < -0.39 is 40.5 Å². The molecule has 15 heteroatoms. The predicted octanol–water partition coefficient (Wildman–Crippen LogP) is 4.60. The number of thiazole rings is 1. The van der Waals surface area contributed by atoms with Crippen molar-refractivity contribution in [3.8, 4) is 5.75 Å². The number of nitrogens with one attached hydrogen (secondary N) is 2. The Balaban J connectivity index is 1.29. The van der Waals surface area contributed by atoms with Gasteiger partial charge in [-0.05, 0) is 23.8 Å². The standard InChI is InChI=1S/C35H26N6O8S/c42-23(18-25(21-9-3-1-4-10-21)31-32(44)24-11-5-6-12-28(24)49-34(31)46)19-27(38-39-30(43)20-40-15-7-2-8-16-40)33(45)37-35-36-26-14-13-22(41(47)48)17-29(26)50-35/h1-17,25H,18-20H2,(H2-,36,37,39,43,44,45,46)/p+1/t25-/m1/s1. The molecule has 0 bridgehead atoms. The van der Waals surface area contributed by atoms with Crippen molar-refractivity contribution in [3.05, 3.63) is 135 Å². The van der Waals surface area contributed by atoms with E-state index in [0.29, 0.717) is 15.8 Å². The number of rotatable bonds is 12. The number of nitro groups is 1. The van der Waals surface area contributed by atoms with E-state index in [2.05, 4.69) is 20.8 Å². The van der Waals surface area contributed by atoms with Gasteiger partial charge in [-0.2, -0.15) is 9.67 Å². The van der Waals surface area contributed by atoms with E-state index in [1.807, 2.05) is 0 Å². The molecule has 3 heterocycles. The number of para-hydroxylation sites is 1. The lowest BCUT2D eigenvalue weighted by Gasteiger charge is -2.18. The highest BCUT2D eigenvalue weighted by molar-refractivity contribution is 7.22. The van der Waals surface area contributed by atoms with Gasteiger partial charge < -0.3 is 9.52 Å². The second kappa shape index (κ2) is 14.7. The number of hydrazone groups is 1. The minimum Gasteiger partial charge on any atom is -0.507 e. The molecule has 3 aromatic carbocycles. The number of anilines is 1. The minimum atomic E-state index is -0.960. The molecule has 0 aliphatic heterocycles. The van der Waals surface area contributed by atoms with Crippen molar-refractivity contribution in [1.29, 1.82) is 0 Å². The second-order valence-electron chi connectivity index (χ2n) is 11.1. The van der Waals surface area contributed by atoms with Crippen molar-refractivity contribution in [2.45, 2.75) is 25.3 Å². The quantitative estimate of drug-likeness (QED) is 0.0540. The number of fused-ring (bicyclic) bond motifs is 2. The fraction of sp³-hybridized carbons (Fsp3) is 0.114. The molecule has 250 valence electrons. The van der Waals surface area contributed by atoms with Crippen molar-refractivity contribution in [1.82, 2.24) is 10.4 Å². The second-order valence-corrected chi connectivity index (χ2v) is 12.1. The Morgan fingerprint density at radius 2 is 1.72 bits per heavy atom. The highest BCUT2D eigenvalue weighted by atomic mass is 32.1. The molecule has 0 saturated carbocycles. The number of non-ortho nitro benzene ring substituents is 1. The molecule has 0 spiro atoms. The van der Waals surface area contributed by atoms with E-state index in [1.165, 1.54) is 18.2 Å². The van der Waals surface area contributed by atoms with Crippen LogP contribution in [-0.4, -0.2) is 38.3 Å². The summed E-state index contributed by atoms with van der Waals surface area (Å²) in [5, 5.41) is 29.4. The first-order chi connectivity index (χ1) is 24.2. The molecular formula is C35H27N6O8S+. The fourth-order valence-corrected chi connectivity index (χ4v) is 6.20. The van der Waals surface area contributed by atoms with Crippen molar-refractivity contribution < 1.29 is 33.4 Å². The maximum Gasteiger partial charge on any atom is 0.343 e. The highest BCUT2D eigenvalue weighted by Gasteiger charge is 2.29. The van der Waals surface area contributed by atoms with Crippen LogP contribution in [0.2, 0.25) is 0 Å². The van der Waals surface area contributed by atoms with Crippen LogP contribution in [0.5, 0.6) is 5.75 Å².